The molecule has 2 atom stereocenters. The first-order valence-electron chi connectivity index (χ1n) is 6.60. The molecule has 0 amide bonds. The molecule has 0 bridgehead atoms. The highest BCUT2D eigenvalue weighted by molar-refractivity contribution is 5.43. The molecular weight excluding hydrogens is 248 g/mol. The summed E-state index contributed by atoms with van der Waals surface area (Å²) in [6.45, 7) is 3.94. The number of para-hydroxylation sites is 1. The molecule has 0 heterocycles. The molecule has 102 valence electrons. The average molecular weight is 266 g/mol. The summed E-state index contributed by atoms with van der Waals surface area (Å²) >= 11 is 0. The maximum atomic E-state index is 9.13. The van der Waals surface area contributed by atoms with Crippen LogP contribution in [0.2, 0.25) is 0 Å². The van der Waals surface area contributed by atoms with Crippen LogP contribution >= 0.6 is 0 Å². The summed E-state index contributed by atoms with van der Waals surface area (Å²) in [4.78, 5) is 0. The lowest BCUT2D eigenvalue weighted by atomic mass is 9.99. The van der Waals surface area contributed by atoms with Crippen LogP contribution in [0, 0.1) is 18.3 Å². The van der Waals surface area contributed by atoms with Gasteiger partial charge in [0.2, 0.25) is 0 Å². The molecule has 0 aliphatic heterocycles. The van der Waals surface area contributed by atoms with Gasteiger partial charge in [-0.25, -0.2) is 0 Å². The number of nitrogens with zero attached hydrogens (tertiary/aromatic N) is 1. The highest BCUT2D eigenvalue weighted by Gasteiger charge is 2.21. The van der Waals surface area contributed by atoms with E-state index < -0.39 is 0 Å². The second-order valence-electron chi connectivity index (χ2n) is 4.86. The Balaban J connectivity index is 2.37. The van der Waals surface area contributed by atoms with Crippen LogP contribution in [-0.2, 0) is 0 Å². The summed E-state index contributed by atoms with van der Waals surface area (Å²) in [5.41, 5.74) is 8.77. The van der Waals surface area contributed by atoms with Gasteiger partial charge in [-0.2, -0.15) is 5.26 Å². The van der Waals surface area contributed by atoms with Crippen LogP contribution in [0.25, 0.3) is 0 Å². The summed E-state index contributed by atoms with van der Waals surface area (Å²) < 4.78 is 6.02. The molecule has 0 aliphatic rings. The Bertz CT molecular complexity index is 629. The number of hydrogen-bond donors (Lipinski definition) is 1. The molecule has 3 heteroatoms. The number of benzene rings is 2. The predicted molar refractivity (Wildman–Crippen MR) is 79.4 cm³/mol. The SMILES string of the molecule is Cc1ccccc1C(Oc1ccccc1C#N)C(C)N. The van der Waals surface area contributed by atoms with Crippen molar-refractivity contribution in [1.29, 1.82) is 5.26 Å². The Labute approximate surface area is 119 Å². The molecule has 2 unspecified atom stereocenters. The molecule has 0 saturated heterocycles. The van der Waals surface area contributed by atoms with Gasteiger partial charge in [0, 0.05) is 6.04 Å². The zero-order chi connectivity index (χ0) is 14.5. The van der Waals surface area contributed by atoms with Crippen molar-refractivity contribution in [2.75, 3.05) is 0 Å². The summed E-state index contributed by atoms with van der Waals surface area (Å²) in [7, 11) is 0. The van der Waals surface area contributed by atoms with Crippen LogP contribution in [0.5, 0.6) is 5.75 Å². The van der Waals surface area contributed by atoms with Crippen LogP contribution in [0.4, 0.5) is 0 Å². The Hall–Kier alpha value is -2.31. The molecule has 3 nitrogen and oxygen atoms in total. The number of nitriles is 1. The van der Waals surface area contributed by atoms with Crippen LogP contribution in [0.3, 0.4) is 0 Å². The summed E-state index contributed by atoms with van der Waals surface area (Å²) in [5, 5.41) is 9.13. The number of rotatable bonds is 4. The Morgan fingerprint density at radius 3 is 2.40 bits per heavy atom. The van der Waals surface area contributed by atoms with Gasteiger partial charge in [0.25, 0.3) is 0 Å². The lowest BCUT2D eigenvalue weighted by Crippen LogP contribution is -2.29. The second-order valence-corrected chi connectivity index (χ2v) is 4.86. The monoisotopic (exact) mass is 266 g/mol. The van der Waals surface area contributed by atoms with E-state index in [0.29, 0.717) is 11.3 Å². The van der Waals surface area contributed by atoms with Gasteiger partial charge in [-0.05, 0) is 37.1 Å². The van der Waals surface area contributed by atoms with E-state index in [1.54, 1.807) is 12.1 Å². The molecule has 0 aliphatic carbocycles. The first-order valence-corrected chi connectivity index (χ1v) is 6.60. The van der Waals surface area contributed by atoms with Gasteiger partial charge >= 0.3 is 0 Å². The molecular formula is C17H18N2O. The summed E-state index contributed by atoms with van der Waals surface area (Å²) in [6.07, 6.45) is -0.272. The Morgan fingerprint density at radius 2 is 1.75 bits per heavy atom. The smallest absolute Gasteiger partial charge is 0.139 e. The molecule has 0 spiro atoms. The van der Waals surface area contributed by atoms with Gasteiger partial charge in [-0.15, -0.1) is 0 Å². The minimum atomic E-state index is -0.272. The van der Waals surface area contributed by atoms with Gasteiger partial charge in [0.1, 0.15) is 17.9 Å². The fraction of sp³-hybridized carbons (Fsp3) is 0.235. The molecule has 0 aromatic heterocycles. The first kappa shape index (κ1) is 14.1. The third-order valence-electron chi connectivity index (χ3n) is 3.23. The molecule has 0 saturated carbocycles. The number of nitrogens with two attached hydrogens (primary N) is 1. The van der Waals surface area contributed by atoms with E-state index in [0.717, 1.165) is 11.1 Å². The predicted octanol–water partition coefficient (Wildman–Crippen LogP) is 3.33. The van der Waals surface area contributed by atoms with Gasteiger partial charge in [0.15, 0.2) is 0 Å². The summed E-state index contributed by atoms with van der Waals surface area (Å²) in [6, 6.07) is 17.2. The van der Waals surface area contributed by atoms with Crippen molar-refractivity contribution in [2.45, 2.75) is 26.0 Å². The first-order chi connectivity index (χ1) is 9.63. The van der Waals surface area contributed by atoms with Crippen molar-refractivity contribution in [1.82, 2.24) is 0 Å². The van der Waals surface area contributed by atoms with Crippen molar-refractivity contribution < 1.29 is 4.74 Å². The normalized spacial score (nSPS) is 13.3. The van der Waals surface area contributed by atoms with Crippen molar-refractivity contribution in [3.63, 3.8) is 0 Å². The largest absolute Gasteiger partial charge is 0.483 e. The van der Waals surface area contributed by atoms with Gasteiger partial charge < -0.3 is 10.5 Å². The minimum Gasteiger partial charge on any atom is -0.483 e. The molecule has 2 aromatic carbocycles. The van der Waals surface area contributed by atoms with Crippen molar-refractivity contribution in [3.8, 4) is 11.8 Å². The van der Waals surface area contributed by atoms with Crippen LogP contribution in [-0.4, -0.2) is 6.04 Å². The van der Waals surface area contributed by atoms with Crippen LogP contribution < -0.4 is 10.5 Å². The van der Waals surface area contributed by atoms with Crippen LogP contribution in [0.1, 0.15) is 29.7 Å². The van der Waals surface area contributed by atoms with E-state index >= 15 is 0 Å². The Kier molecular flexibility index (Phi) is 4.39. The van der Waals surface area contributed by atoms with E-state index in [2.05, 4.69) is 6.07 Å². The second kappa shape index (κ2) is 6.23. The molecule has 0 radical (unpaired) electrons. The van der Waals surface area contributed by atoms with Gasteiger partial charge in [-0.1, -0.05) is 36.4 Å². The van der Waals surface area contributed by atoms with Crippen molar-refractivity contribution in [2.24, 2.45) is 5.73 Å². The standard InChI is InChI=1S/C17H18N2O/c1-12-7-3-5-9-15(12)17(13(2)19)20-16-10-6-4-8-14(16)11-18/h3-10,13,17H,19H2,1-2H3. The highest BCUT2D eigenvalue weighted by Crippen LogP contribution is 2.28. The Morgan fingerprint density at radius 1 is 1.10 bits per heavy atom. The van der Waals surface area contributed by atoms with E-state index in [4.69, 9.17) is 15.7 Å². The maximum Gasteiger partial charge on any atom is 0.139 e. The van der Waals surface area contributed by atoms with E-state index in [-0.39, 0.29) is 12.1 Å². The van der Waals surface area contributed by atoms with Crippen molar-refractivity contribution >= 4 is 0 Å². The zero-order valence-electron chi connectivity index (χ0n) is 11.7. The lowest BCUT2D eigenvalue weighted by Gasteiger charge is -2.24. The van der Waals surface area contributed by atoms with Crippen molar-refractivity contribution in [3.05, 3.63) is 65.2 Å². The number of ether oxygens (including phenoxy) is 1. The maximum absolute atomic E-state index is 9.13. The lowest BCUT2D eigenvalue weighted by molar-refractivity contribution is 0.179. The minimum absolute atomic E-state index is 0.178. The quantitative estimate of drug-likeness (QED) is 0.923. The third-order valence-corrected chi connectivity index (χ3v) is 3.23. The highest BCUT2D eigenvalue weighted by atomic mass is 16.5. The fourth-order valence-corrected chi connectivity index (χ4v) is 2.16. The van der Waals surface area contributed by atoms with E-state index in [1.807, 2.05) is 50.2 Å². The van der Waals surface area contributed by atoms with Gasteiger partial charge in [0.05, 0.1) is 5.56 Å². The number of hydrogen-bond acceptors (Lipinski definition) is 3. The summed E-state index contributed by atoms with van der Waals surface area (Å²) in [5.74, 6) is 0.570. The van der Waals surface area contributed by atoms with E-state index in [1.165, 1.54) is 0 Å². The molecule has 0 fully saturated rings. The number of aryl methyl sites for hydroxylation is 1. The van der Waals surface area contributed by atoms with E-state index in [9.17, 15) is 0 Å². The molecule has 20 heavy (non-hydrogen) atoms. The molecule has 2 N–H and O–H groups in total. The third kappa shape index (κ3) is 2.98. The molecule has 2 aromatic rings. The van der Waals surface area contributed by atoms with Gasteiger partial charge in [-0.3, -0.25) is 0 Å². The molecule has 2 rings (SSSR count). The van der Waals surface area contributed by atoms with Crippen LogP contribution in [0.15, 0.2) is 48.5 Å². The zero-order valence-corrected chi connectivity index (χ0v) is 11.7. The fourth-order valence-electron chi connectivity index (χ4n) is 2.16. The topological polar surface area (TPSA) is 59.0 Å². The average Bonchev–Trinajstić information content (AvgIpc) is 2.46.